The van der Waals surface area contributed by atoms with Gasteiger partial charge in [-0.1, -0.05) is 13.8 Å². The molecular weight excluding hydrogens is 477 g/mol. The lowest BCUT2D eigenvalue weighted by molar-refractivity contribution is -0.652. The highest BCUT2D eigenvalue weighted by molar-refractivity contribution is 7.56. The normalized spacial score (nSPS) is 26.5. The Morgan fingerprint density at radius 3 is 2.82 bits per heavy atom. The molecule has 0 saturated carbocycles. The lowest BCUT2D eigenvalue weighted by Gasteiger charge is -2.27. The number of nitrogens with two attached hydrogens (primary N) is 1. The van der Waals surface area contributed by atoms with E-state index >= 15 is 0 Å². The smallest absolute Gasteiger partial charge is 0.383 e. The molecule has 1 aromatic rings. The van der Waals surface area contributed by atoms with E-state index in [1.807, 2.05) is 13.8 Å². The zero-order chi connectivity index (χ0) is 25.2. The number of aliphatic imine (C=N–C) groups is 1. The number of fused-ring (bicyclic) bond motifs is 1. The summed E-state index contributed by atoms with van der Waals surface area (Å²) in [6.45, 7) is 3.20. The number of hydrogen-bond acceptors (Lipinski definition) is 14. The molecule has 9 N–H and O–H groups in total. The zero-order valence-corrected chi connectivity index (χ0v) is 19.7. The van der Waals surface area contributed by atoms with Gasteiger partial charge in [-0.25, -0.2) is 0 Å². The minimum Gasteiger partial charge on any atom is -0.611 e. The summed E-state index contributed by atoms with van der Waals surface area (Å²) in [4.78, 5) is 48.5. The zero-order valence-electron chi connectivity index (χ0n) is 18.8. The van der Waals surface area contributed by atoms with Crippen molar-refractivity contribution in [1.82, 2.24) is 20.0 Å². The number of aliphatic hydroxyl groups excluding tert-OH is 2. The van der Waals surface area contributed by atoms with Crippen LogP contribution in [0.1, 0.15) is 20.3 Å². The van der Waals surface area contributed by atoms with Gasteiger partial charge in [-0.05, 0) is 22.0 Å². The average Bonchev–Trinajstić information content (AvgIpc) is 3.32. The van der Waals surface area contributed by atoms with Gasteiger partial charge in [0.15, 0.2) is 0 Å². The molecule has 1 fully saturated rings. The van der Waals surface area contributed by atoms with Crippen LogP contribution < -0.4 is 37.1 Å². The van der Waals surface area contributed by atoms with Crippen LogP contribution in [0.15, 0.2) is 4.79 Å². The summed E-state index contributed by atoms with van der Waals surface area (Å²) < 4.78 is 20.5. The third-order valence-corrected chi connectivity index (χ3v) is 6.60. The molecule has 16 nitrogen and oxygen atoms in total. The molecule has 1 aromatic heterocycles. The monoisotopic (exact) mass is 506 g/mol. The lowest BCUT2D eigenvalue weighted by Crippen LogP contribution is -2.56. The van der Waals surface area contributed by atoms with Crippen LogP contribution in [0.5, 0.6) is 0 Å². The second-order valence-electron chi connectivity index (χ2n) is 8.08. The number of nitrogen functional groups attached to an aromatic ring is 1. The fourth-order valence-corrected chi connectivity index (χ4v) is 4.67. The fourth-order valence-electron chi connectivity index (χ4n) is 3.52. The number of esters is 1. The predicted molar refractivity (Wildman–Crippen MR) is 116 cm³/mol. The minimum absolute atomic E-state index is 0.0297. The quantitative estimate of drug-likeness (QED) is 0.101. The predicted octanol–water partition coefficient (Wildman–Crippen LogP) is -3.98. The second-order valence-corrected chi connectivity index (χ2v) is 9.85. The Morgan fingerprint density at radius 2 is 2.21 bits per heavy atom. The summed E-state index contributed by atoms with van der Waals surface area (Å²) in [7, 11) is -2.95. The summed E-state index contributed by atoms with van der Waals surface area (Å²) in [5.74, 6) is 2.37. The number of H-pyrrole nitrogens is 1. The number of carbonyl (C=O) groups is 1. The summed E-state index contributed by atoms with van der Waals surface area (Å²) in [5, 5.41) is 23.5. The van der Waals surface area contributed by atoms with E-state index in [0.717, 1.165) is 0 Å². The first-order valence-corrected chi connectivity index (χ1v) is 11.8. The Labute approximate surface area is 194 Å². The van der Waals surface area contributed by atoms with Gasteiger partial charge < -0.3 is 30.3 Å². The SMILES string of the molecule is COC(=O)C(CC(C)C)N[P+]([O-])(O[NH3+])OC[C@@H]1O[C@H](N2C=[N+]c3c2nc(N)[nH]c3=O)[C@H](O)[C@H]1O. The van der Waals surface area contributed by atoms with Crippen LogP contribution in [-0.2, 0) is 23.4 Å². The van der Waals surface area contributed by atoms with Gasteiger partial charge in [0, 0.05) is 0 Å². The van der Waals surface area contributed by atoms with Gasteiger partial charge in [0.1, 0.15) is 31.0 Å². The van der Waals surface area contributed by atoms with Gasteiger partial charge in [0.25, 0.3) is 12.2 Å². The largest absolute Gasteiger partial charge is 0.611 e. The first kappa shape index (κ1) is 26.3. The Kier molecular flexibility index (Phi) is 8.18. The average molecular weight is 506 g/mol. The minimum atomic E-state index is -4.14. The van der Waals surface area contributed by atoms with Crippen molar-refractivity contribution in [3.8, 4) is 0 Å². The standard InChI is InChI=1S/C17H28N7O9P/c1-7(2)4-8(16(28)30-3)23-34(29,33-19)31-5-9-11(25)12(26)15(32-9)24-6-20-10-13(24)21-17(18)22-14(10)27/h6-9,11-12,15,25-26H,4-5H2,1-3,19H3,(H3-,18,21,22,23,27,29)/q+1/p+1/t8?,9-,11-,12+,15-,34?/m0/s1. The van der Waals surface area contributed by atoms with Crippen LogP contribution in [0.4, 0.5) is 17.5 Å². The molecule has 1 saturated heterocycles. The van der Waals surface area contributed by atoms with E-state index < -0.39 is 56.8 Å². The summed E-state index contributed by atoms with van der Waals surface area (Å²) in [6, 6.07) is -1.00. The highest BCUT2D eigenvalue weighted by atomic mass is 31.2. The molecule has 3 rings (SSSR count). The van der Waals surface area contributed by atoms with Gasteiger partial charge in [0.2, 0.25) is 12.2 Å². The molecule has 34 heavy (non-hydrogen) atoms. The van der Waals surface area contributed by atoms with Crippen LogP contribution in [0, 0.1) is 5.92 Å². The molecule has 189 valence electrons. The maximum absolute atomic E-state index is 13.0. The molecule has 0 amide bonds. The molecule has 0 bridgehead atoms. The Bertz CT molecular complexity index is 979. The van der Waals surface area contributed by atoms with E-state index in [-0.39, 0.29) is 29.8 Å². The Hall–Kier alpha value is -2.27. The second kappa shape index (κ2) is 10.6. The number of quaternary nitrogens is 1. The molecule has 6 atom stereocenters. The van der Waals surface area contributed by atoms with Crippen molar-refractivity contribution in [2.24, 2.45) is 5.92 Å². The van der Waals surface area contributed by atoms with Crippen molar-refractivity contribution in [2.75, 3.05) is 24.4 Å². The molecule has 2 aliphatic rings. The number of anilines is 2. The Morgan fingerprint density at radius 1 is 1.50 bits per heavy atom. The van der Waals surface area contributed by atoms with Crippen LogP contribution in [0.2, 0.25) is 0 Å². The topological polar surface area (TPSA) is 246 Å². The number of aromatic nitrogens is 2. The number of hydrogen-bond donors (Lipinski definition) is 6. The van der Waals surface area contributed by atoms with E-state index in [4.69, 9.17) is 24.4 Å². The maximum Gasteiger partial charge on any atom is 0.383 e. The Balaban J connectivity index is 1.69. The van der Waals surface area contributed by atoms with E-state index in [2.05, 4.69) is 25.9 Å². The van der Waals surface area contributed by atoms with Gasteiger partial charge in [-0.2, -0.15) is 20.3 Å². The van der Waals surface area contributed by atoms with E-state index in [1.54, 1.807) is 0 Å². The van der Waals surface area contributed by atoms with E-state index in [0.29, 0.717) is 0 Å². The molecule has 0 aliphatic carbocycles. The van der Waals surface area contributed by atoms with Crippen molar-refractivity contribution >= 4 is 37.9 Å². The van der Waals surface area contributed by atoms with Gasteiger partial charge in [-0.15, -0.1) is 5.09 Å². The number of nitrogens with one attached hydrogen (secondary N) is 2. The van der Waals surface area contributed by atoms with Gasteiger partial charge in [0.05, 0.1) is 7.11 Å². The fraction of sp³-hybridized carbons (Fsp3) is 0.647. The first-order chi connectivity index (χ1) is 16.0. The number of carbonyl (C=O) groups excluding carboxylic acids is 1. The third kappa shape index (κ3) is 5.51. The highest BCUT2D eigenvalue weighted by Crippen LogP contribution is 2.47. The van der Waals surface area contributed by atoms with Crippen molar-refractivity contribution in [3.63, 3.8) is 0 Å². The van der Waals surface area contributed by atoms with Gasteiger partial charge >= 0.3 is 25.3 Å². The number of methoxy groups -OCH3 is 1. The van der Waals surface area contributed by atoms with Crippen LogP contribution in [0.25, 0.3) is 0 Å². The summed E-state index contributed by atoms with van der Waals surface area (Å²) in [5.41, 5.74) is 4.95. The lowest BCUT2D eigenvalue weighted by atomic mass is 10.1. The van der Waals surface area contributed by atoms with Crippen molar-refractivity contribution < 1.29 is 44.4 Å². The van der Waals surface area contributed by atoms with Crippen LogP contribution >= 0.6 is 8.09 Å². The molecular formula is C17H29N7O9P+2. The number of nitrogens with zero attached hydrogens (tertiary/aromatic N) is 3. The highest BCUT2D eigenvalue weighted by Gasteiger charge is 2.53. The number of aliphatic hydroxyl groups is 2. The first-order valence-electron chi connectivity index (χ1n) is 10.3. The van der Waals surface area contributed by atoms with E-state index in [1.165, 1.54) is 18.3 Å². The van der Waals surface area contributed by atoms with Crippen LogP contribution in [0.3, 0.4) is 0 Å². The van der Waals surface area contributed by atoms with Crippen molar-refractivity contribution in [3.05, 3.63) is 10.4 Å². The molecule has 0 aromatic carbocycles. The maximum atomic E-state index is 13.0. The van der Waals surface area contributed by atoms with E-state index in [9.17, 15) is 24.7 Å². The third-order valence-electron chi connectivity index (χ3n) is 5.15. The summed E-state index contributed by atoms with van der Waals surface area (Å²) >= 11 is 0. The number of aromatic amines is 1. The molecule has 1 radical (unpaired) electrons. The van der Waals surface area contributed by atoms with Crippen LogP contribution in [-0.4, -0.2) is 76.8 Å². The molecule has 2 aliphatic heterocycles. The van der Waals surface area contributed by atoms with Crippen molar-refractivity contribution in [2.45, 2.75) is 50.8 Å². The number of ether oxygens (including phenoxy) is 2. The molecule has 17 heteroatoms. The van der Waals surface area contributed by atoms with Crippen molar-refractivity contribution in [1.29, 1.82) is 0 Å². The molecule has 0 spiro atoms. The molecule has 2 unspecified atom stereocenters. The number of rotatable bonds is 10. The molecule has 3 heterocycles. The van der Waals surface area contributed by atoms with Gasteiger partial charge in [-0.3, -0.25) is 14.6 Å². The summed E-state index contributed by atoms with van der Waals surface area (Å²) in [6.07, 6.45) is -3.87.